The number of halogens is 1. The SMILES string of the molecule is Cc1cccc(-n2nc(C(=O)OCC(=O)c3ccc(-c4ccccc4)cc3)nc2-c2cccc(Cl)c2)c1. The number of esters is 1. The maximum absolute atomic E-state index is 12.8. The van der Waals surface area contributed by atoms with Crippen LogP contribution in [0, 0.1) is 6.92 Å². The first-order valence-corrected chi connectivity index (χ1v) is 12.0. The van der Waals surface area contributed by atoms with Gasteiger partial charge in [0.05, 0.1) is 5.69 Å². The quantitative estimate of drug-likeness (QED) is 0.183. The molecule has 0 aliphatic heterocycles. The normalized spacial score (nSPS) is 10.8. The minimum absolute atomic E-state index is 0.149. The first-order valence-electron chi connectivity index (χ1n) is 11.6. The molecule has 1 heterocycles. The summed E-state index contributed by atoms with van der Waals surface area (Å²) in [6.45, 7) is 1.54. The number of benzene rings is 4. The van der Waals surface area contributed by atoms with Crippen LogP contribution in [-0.4, -0.2) is 33.1 Å². The van der Waals surface area contributed by atoms with E-state index in [2.05, 4.69) is 10.1 Å². The van der Waals surface area contributed by atoms with Crippen molar-refractivity contribution in [1.82, 2.24) is 14.8 Å². The summed E-state index contributed by atoms with van der Waals surface area (Å²) in [7, 11) is 0. The molecule has 0 aliphatic rings. The number of aryl methyl sites for hydroxylation is 1. The van der Waals surface area contributed by atoms with Gasteiger partial charge < -0.3 is 4.74 Å². The van der Waals surface area contributed by atoms with Crippen molar-refractivity contribution in [3.63, 3.8) is 0 Å². The topological polar surface area (TPSA) is 74.1 Å². The summed E-state index contributed by atoms with van der Waals surface area (Å²) in [6.07, 6.45) is 0. The Bertz CT molecular complexity index is 1510. The summed E-state index contributed by atoms with van der Waals surface area (Å²) in [5, 5.41) is 4.93. The molecule has 5 aromatic rings. The number of Topliss-reactive ketones (excluding diaryl/α,β-unsaturated/α-hetero) is 1. The van der Waals surface area contributed by atoms with Crippen molar-refractivity contribution in [3.8, 4) is 28.2 Å². The smallest absolute Gasteiger partial charge is 0.378 e. The van der Waals surface area contributed by atoms with E-state index in [1.807, 2.05) is 79.7 Å². The highest BCUT2D eigenvalue weighted by Gasteiger charge is 2.21. The molecular weight excluding hydrogens is 486 g/mol. The van der Waals surface area contributed by atoms with Crippen molar-refractivity contribution >= 4 is 23.4 Å². The van der Waals surface area contributed by atoms with Crippen LogP contribution in [0.4, 0.5) is 0 Å². The number of carbonyl (C=O) groups excluding carboxylic acids is 2. The largest absolute Gasteiger partial charge is 0.451 e. The van der Waals surface area contributed by atoms with Gasteiger partial charge in [-0.05, 0) is 47.9 Å². The monoisotopic (exact) mass is 507 g/mol. The summed E-state index contributed by atoms with van der Waals surface area (Å²) >= 11 is 6.19. The Balaban J connectivity index is 1.35. The van der Waals surface area contributed by atoms with Crippen LogP contribution in [0.15, 0.2) is 103 Å². The molecule has 4 aromatic carbocycles. The van der Waals surface area contributed by atoms with Gasteiger partial charge in [0.15, 0.2) is 18.2 Å². The van der Waals surface area contributed by atoms with Gasteiger partial charge in [0, 0.05) is 16.1 Å². The third-order valence-corrected chi connectivity index (χ3v) is 6.00. The Labute approximate surface area is 219 Å². The number of carbonyl (C=O) groups is 2. The zero-order valence-corrected chi connectivity index (χ0v) is 20.7. The van der Waals surface area contributed by atoms with Crippen molar-refractivity contribution in [2.75, 3.05) is 6.61 Å². The molecule has 37 heavy (non-hydrogen) atoms. The lowest BCUT2D eigenvalue weighted by molar-refractivity contribution is 0.0462. The Morgan fingerprint density at radius 2 is 1.51 bits per heavy atom. The molecule has 0 radical (unpaired) electrons. The Morgan fingerprint density at radius 1 is 0.811 bits per heavy atom. The molecule has 0 unspecified atom stereocenters. The zero-order chi connectivity index (χ0) is 25.8. The first-order chi connectivity index (χ1) is 18.0. The van der Waals surface area contributed by atoms with E-state index >= 15 is 0 Å². The second kappa shape index (κ2) is 10.6. The molecular formula is C30H22ClN3O3. The van der Waals surface area contributed by atoms with Crippen LogP contribution in [-0.2, 0) is 4.74 Å². The van der Waals surface area contributed by atoms with Gasteiger partial charge in [-0.1, -0.05) is 90.5 Å². The average molecular weight is 508 g/mol. The Kier molecular flexibility index (Phi) is 6.92. The fraction of sp³-hybridized carbons (Fsp3) is 0.0667. The van der Waals surface area contributed by atoms with Gasteiger partial charge in [-0.2, -0.15) is 0 Å². The summed E-state index contributed by atoms with van der Waals surface area (Å²) in [4.78, 5) is 30.0. The molecule has 0 bridgehead atoms. The molecule has 0 N–H and O–H groups in total. The number of hydrogen-bond donors (Lipinski definition) is 0. The van der Waals surface area contributed by atoms with Gasteiger partial charge in [0.2, 0.25) is 0 Å². The van der Waals surface area contributed by atoms with Crippen LogP contribution < -0.4 is 0 Å². The number of hydrogen-bond acceptors (Lipinski definition) is 5. The van der Waals surface area contributed by atoms with E-state index in [0.29, 0.717) is 22.0 Å². The number of ether oxygens (including phenoxy) is 1. The summed E-state index contributed by atoms with van der Waals surface area (Å²) in [6, 6.07) is 31.8. The van der Waals surface area contributed by atoms with E-state index in [9.17, 15) is 9.59 Å². The molecule has 5 rings (SSSR count). The lowest BCUT2D eigenvalue weighted by Crippen LogP contribution is -2.15. The molecule has 6 nitrogen and oxygen atoms in total. The van der Waals surface area contributed by atoms with Crippen LogP contribution in [0.2, 0.25) is 5.02 Å². The molecule has 0 spiro atoms. The Hall–Kier alpha value is -4.55. The molecule has 0 saturated carbocycles. The lowest BCUT2D eigenvalue weighted by Gasteiger charge is -2.07. The lowest BCUT2D eigenvalue weighted by atomic mass is 10.0. The van der Waals surface area contributed by atoms with Crippen molar-refractivity contribution in [1.29, 1.82) is 0 Å². The van der Waals surface area contributed by atoms with E-state index in [4.69, 9.17) is 16.3 Å². The molecule has 0 saturated heterocycles. The highest BCUT2D eigenvalue weighted by molar-refractivity contribution is 6.30. The molecule has 0 amide bonds. The molecule has 0 fully saturated rings. The van der Waals surface area contributed by atoms with Gasteiger partial charge in [-0.25, -0.2) is 14.5 Å². The second-order valence-corrected chi connectivity index (χ2v) is 8.90. The molecule has 182 valence electrons. The van der Waals surface area contributed by atoms with E-state index in [1.165, 1.54) is 0 Å². The molecule has 1 aromatic heterocycles. The van der Waals surface area contributed by atoms with Gasteiger partial charge in [0.25, 0.3) is 5.82 Å². The minimum Gasteiger partial charge on any atom is -0.451 e. The first kappa shape index (κ1) is 24.2. The molecule has 0 atom stereocenters. The van der Waals surface area contributed by atoms with Crippen LogP contribution >= 0.6 is 11.6 Å². The minimum atomic E-state index is -0.788. The van der Waals surface area contributed by atoms with E-state index in [-0.39, 0.29) is 11.6 Å². The van der Waals surface area contributed by atoms with Crippen LogP contribution in [0.1, 0.15) is 26.5 Å². The standard InChI is InChI=1S/C30H22ClN3O3/c1-20-7-5-12-26(17-20)34-29(24-10-6-11-25(31)18-24)32-28(33-34)30(36)37-19-27(35)23-15-13-22(14-16-23)21-8-3-2-4-9-21/h2-18H,19H2,1H3. The maximum Gasteiger partial charge on any atom is 0.378 e. The predicted molar refractivity (Wildman–Crippen MR) is 143 cm³/mol. The van der Waals surface area contributed by atoms with Crippen LogP contribution in [0.3, 0.4) is 0 Å². The number of nitrogens with zero attached hydrogens (tertiary/aromatic N) is 3. The highest BCUT2D eigenvalue weighted by Crippen LogP contribution is 2.25. The number of ketones is 1. The Morgan fingerprint density at radius 3 is 2.24 bits per heavy atom. The number of aromatic nitrogens is 3. The van der Waals surface area contributed by atoms with Crippen molar-refractivity contribution < 1.29 is 14.3 Å². The summed E-state index contributed by atoms with van der Waals surface area (Å²) in [5.74, 6) is -0.823. The summed E-state index contributed by atoms with van der Waals surface area (Å²) in [5.41, 5.74) is 4.95. The van der Waals surface area contributed by atoms with Crippen molar-refractivity contribution in [2.45, 2.75) is 6.92 Å². The van der Waals surface area contributed by atoms with Crippen molar-refractivity contribution in [2.24, 2.45) is 0 Å². The third kappa shape index (κ3) is 5.50. The number of rotatable bonds is 7. The molecule has 0 aliphatic carbocycles. The van der Waals surface area contributed by atoms with Gasteiger partial charge in [-0.3, -0.25) is 4.79 Å². The van der Waals surface area contributed by atoms with Gasteiger partial charge >= 0.3 is 5.97 Å². The zero-order valence-electron chi connectivity index (χ0n) is 20.0. The highest BCUT2D eigenvalue weighted by atomic mass is 35.5. The fourth-order valence-corrected chi connectivity index (χ4v) is 4.10. The van der Waals surface area contributed by atoms with Crippen LogP contribution in [0.25, 0.3) is 28.2 Å². The van der Waals surface area contributed by atoms with E-state index < -0.39 is 12.6 Å². The third-order valence-electron chi connectivity index (χ3n) is 5.77. The maximum atomic E-state index is 12.8. The van der Waals surface area contributed by atoms with E-state index in [0.717, 1.165) is 22.4 Å². The molecule has 7 heteroatoms. The predicted octanol–water partition coefficient (Wildman–Crippen LogP) is 6.60. The summed E-state index contributed by atoms with van der Waals surface area (Å²) < 4.78 is 6.86. The average Bonchev–Trinajstić information content (AvgIpc) is 3.38. The van der Waals surface area contributed by atoms with Gasteiger partial charge in [-0.15, -0.1) is 5.10 Å². The fourth-order valence-electron chi connectivity index (χ4n) is 3.91. The second-order valence-electron chi connectivity index (χ2n) is 8.46. The van der Waals surface area contributed by atoms with Crippen molar-refractivity contribution in [3.05, 3.63) is 125 Å². The van der Waals surface area contributed by atoms with Gasteiger partial charge in [0.1, 0.15) is 0 Å². The van der Waals surface area contributed by atoms with Crippen LogP contribution in [0.5, 0.6) is 0 Å². The van der Waals surface area contributed by atoms with E-state index in [1.54, 1.807) is 35.0 Å².